The van der Waals surface area contributed by atoms with E-state index in [1.165, 1.54) is 23.8 Å². The zero-order chi connectivity index (χ0) is 48.5. The van der Waals surface area contributed by atoms with Crippen LogP contribution in [0.25, 0.3) is 11.3 Å². The van der Waals surface area contributed by atoms with Crippen molar-refractivity contribution in [1.82, 2.24) is 31.2 Å². The standard InChI is InChI=1S/C52H64F2N7O7S/c1-2-42(62)58-46(37-21-12-7-13-22-37)51(66)61-28-16-23-41(61)49(64)59-47(44(35-17-8-5-9-18-35)36-19-10-6-11-20-36)50(65)56-27-15-4-3-14-26-55-43(63)33-68-48-38(24-25-39(53)45(48)54)40-34-69-52(57-40)60-29-31-67-32-30-60/h2,5-6,8-11,17-20,24-25,34,37,41,44,46-47H,3-4,7,12-16,21-23,26-33H2,1H3,(H,55,63)(H,56,65)(H,58,62)(H,59,64)/t41-,46-,47-/m0/s1. The third-order valence-corrected chi connectivity index (χ3v) is 14.1. The van der Waals surface area contributed by atoms with Crippen LogP contribution in [0.1, 0.15) is 94.6 Å². The van der Waals surface area contributed by atoms with Gasteiger partial charge >= 0.3 is 0 Å². The van der Waals surface area contributed by atoms with Crippen molar-refractivity contribution in [2.45, 2.75) is 102 Å². The number of carbonyl (C=O) groups is 5. The molecule has 69 heavy (non-hydrogen) atoms. The number of likely N-dealkylation sites (tertiary alicyclic amines) is 1. The van der Waals surface area contributed by atoms with Crippen LogP contribution in [0.2, 0.25) is 0 Å². The van der Waals surface area contributed by atoms with Crippen LogP contribution in [-0.4, -0.2) is 110 Å². The summed E-state index contributed by atoms with van der Waals surface area (Å²) in [6.07, 6.45) is 9.88. The molecule has 1 aromatic heterocycles. The van der Waals surface area contributed by atoms with Gasteiger partial charge in [0.1, 0.15) is 18.1 Å². The molecule has 1 saturated carbocycles. The van der Waals surface area contributed by atoms with Gasteiger partial charge in [-0.1, -0.05) is 99.7 Å². The minimum atomic E-state index is -1.19. The van der Waals surface area contributed by atoms with Crippen molar-refractivity contribution in [3.63, 3.8) is 0 Å². The molecule has 4 N–H and O–H groups in total. The second-order valence-corrected chi connectivity index (χ2v) is 18.7. The maximum absolute atomic E-state index is 15.0. The topological polar surface area (TPSA) is 171 Å². The SMILES string of the molecule is C[CH]C(=O)N[C@H](C(=O)N1CCC[C@H]1C(=O)N[C@H](C(=O)NCCCCCCNC(=O)COc1c(-c2csc(N3CCOCC3)n2)ccc(F)c1F)C(c1ccccc1)c1ccccc1)C1CCCCC1. The number of nitrogens with one attached hydrogen (secondary N) is 4. The molecule has 3 aliphatic rings. The zero-order valence-corrected chi connectivity index (χ0v) is 40.1. The van der Waals surface area contributed by atoms with E-state index >= 15 is 4.39 Å². The molecule has 2 aliphatic heterocycles. The van der Waals surface area contributed by atoms with Crippen LogP contribution in [0.5, 0.6) is 5.75 Å². The van der Waals surface area contributed by atoms with Gasteiger partial charge in [-0.2, -0.15) is 4.39 Å². The second kappa shape index (κ2) is 25.6. The van der Waals surface area contributed by atoms with E-state index < -0.39 is 54.1 Å². The Bertz CT molecular complexity index is 2290. The maximum atomic E-state index is 15.0. The van der Waals surface area contributed by atoms with Gasteiger partial charge in [0.2, 0.25) is 29.4 Å². The number of ether oxygens (including phenoxy) is 2. The van der Waals surface area contributed by atoms with Crippen molar-refractivity contribution >= 4 is 46.0 Å². The first-order valence-electron chi connectivity index (χ1n) is 24.4. The summed E-state index contributed by atoms with van der Waals surface area (Å²) in [6, 6.07) is 19.0. The van der Waals surface area contributed by atoms with E-state index in [2.05, 4.69) is 31.2 Å². The molecule has 1 radical (unpaired) electrons. The monoisotopic (exact) mass is 968 g/mol. The smallest absolute Gasteiger partial charge is 0.257 e. The van der Waals surface area contributed by atoms with E-state index in [1.807, 2.05) is 60.7 Å². The summed E-state index contributed by atoms with van der Waals surface area (Å²) in [5, 5.41) is 14.4. The number of unbranched alkanes of at least 4 members (excludes halogenated alkanes) is 3. The number of benzene rings is 3. The van der Waals surface area contributed by atoms with E-state index in [-0.39, 0.29) is 35.0 Å². The predicted molar refractivity (Wildman–Crippen MR) is 260 cm³/mol. The van der Waals surface area contributed by atoms with Crippen molar-refractivity contribution in [2.75, 3.05) is 57.4 Å². The van der Waals surface area contributed by atoms with E-state index in [1.54, 1.807) is 17.2 Å². The third kappa shape index (κ3) is 13.7. The average Bonchev–Trinajstić information content (AvgIpc) is 4.09. The number of halogens is 2. The number of carbonyl (C=O) groups excluding carboxylic acids is 5. The quantitative estimate of drug-likeness (QED) is 0.0627. The van der Waals surface area contributed by atoms with Gasteiger partial charge < -0.3 is 40.5 Å². The molecular weight excluding hydrogens is 905 g/mol. The van der Waals surface area contributed by atoms with Crippen LogP contribution in [0, 0.1) is 24.0 Å². The van der Waals surface area contributed by atoms with Crippen LogP contribution in [0.15, 0.2) is 78.2 Å². The zero-order valence-electron chi connectivity index (χ0n) is 39.3. The summed E-state index contributed by atoms with van der Waals surface area (Å²) in [5.41, 5.74) is 2.34. The van der Waals surface area contributed by atoms with Gasteiger partial charge in [0.25, 0.3) is 5.91 Å². The summed E-state index contributed by atoms with van der Waals surface area (Å²) in [5.74, 6) is -5.07. The summed E-state index contributed by atoms with van der Waals surface area (Å²) in [4.78, 5) is 76.8. The number of amides is 5. The van der Waals surface area contributed by atoms with Crippen molar-refractivity contribution < 1.29 is 42.2 Å². The number of nitrogens with zero attached hydrogens (tertiary/aromatic N) is 3. The first-order valence-corrected chi connectivity index (χ1v) is 25.2. The first-order chi connectivity index (χ1) is 33.6. The van der Waals surface area contributed by atoms with E-state index in [0.29, 0.717) is 77.3 Å². The average molecular weight is 969 g/mol. The van der Waals surface area contributed by atoms with E-state index in [9.17, 15) is 28.4 Å². The number of aromatic nitrogens is 1. The lowest BCUT2D eigenvalue weighted by Crippen LogP contribution is -2.58. The van der Waals surface area contributed by atoms with Crippen molar-refractivity contribution in [1.29, 1.82) is 0 Å². The van der Waals surface area contributed by atoms with E-state index in [0.717, 1.165) is 67.3 Å². The fourth-order valence-electron chi connectivity index (χ4n) is 9.52. The van der Waals surface area contributed by atoms with Gasteiger partial charge in [0, 0.05) is 56.0 Å². The van der Waals surface area contributed by atoms with Crippen LogP contribution >= 0.6 is 11.3 Å². The highest BCUT2D eigenvalue weighted by Gasteiger charge is 2.42. The van der Waals surface area contributed by atoms with Gasteiger partial charge in [0.05, 0.1) is 18.9 Å². The highest BCUT2D eigenvalue weighted by atomic mass is 32.1. The van der Waals surface area contributed by atoms with Gasteiger partial charge in [0.15, 0.2) is 23.3 Å². The maximum Gasteiger partial charge on any atom is 0.257 e. The van der Waals surface area contributed by atoms with Crippen LogP contribution < -0.4 is 30.9 Å². The molecule has 369 valence electrons. The van der Waals surface area contributed by atoms with Crippen LogP contribution in [-0.2, 0) is 28.7 Å². The fraction of sp³-hybridized carbons (Fsp3) is 0.481. The van der Waals surface area contributed by atoms with Crippen molar-refractivity contribution in [2.24, 2.45) is 5.92 Å². The van der Waals surface area contributed by atoms with Crippen molar-refractivity contribution in [3.05, 3.63) is 107 Å². The van der Waals surface area contributed by atoms with Gasteiger partial charge in [-0.05, 0) is 67.7 Å². The summed E-state index contributed by atoms with van der Waals surface area (Å²) in [6.45, 7) is 4.66. The van der Waals surface area contributed by atoms with Crippen LogP contribution in [0.3, 0.4) is 0 Å². The molecule has 1 aliphatic carbocycles. The van der Waals surface area contributed by atoms with E-state index in [4.69, 9.17) is 9.47 Å². The molecule has 3 atom stereocenters. The Morgan fingerprint density at radius 1 is 0.812 bits per heavy atom. The second-order valence-electron chi connectivity index (χ2n) is 17.8. The number of anilines is 1. The Morgan fingerprint density at radius 2 is 1.48 bits per heavy atom. The van der Waals surface area contributed by atoms with Gasteiger partial charge in [-0.3, -0.25) is 24.0 Å². The van der Waals surface area contributed by atoms with Gasteiger partial charge in [-0.25, -0.2) is 9.37 Å². The minimum Gasteiger partial charge on any atom is -0.480 e. The number of morpholine rings is 1. The lowest BCUT2D eigenvalue weighted by Gasteiger charge is -2.35. The lowest BCUT2D eigenvalue weighted by atomic mass is 9.83. The number of thiazole rings is 1. The first kappa shape index (κ1) is 50.9. The molecule has 4 aromatic rings. The Balaban J connectivity index is 0.923. The summed E-state index contributed by atoms with van der Waals surface area (Å²) >= 11 is 1.38. The number of hydrogen-bond acceptors (Lipinski definition) is 10. The van der Waals surface area contributed by atoms with Gasteiger partial charge in [-0.15, -0.1) is 11.3 Å². The molecular formula is C52H64F2N7O7S. The largest absolute Gasteiger partial charge is 0.480 e. The molecule has 0 spiro atoms. The lowest BCUT2D eigenvalue weighted by molar-refractivity contribution is -0.143. The molecule has 7 rings (SSSR count). The summed E-state index contributed by atoms with van der Waals surface area (Å²) < 4.78 is 40.3. The Hall–Kier alpha value is -5.94. The molecule has 0 unspecified atom stereocenters. The molecule has 14 nitrogen and oxygen atoms in total. The highest BCUT2D eigenvalue weighted by molar-refractivity contribution is 7.14. The molecule has 3 heterocycles. The molecule has 2 saturated heterocycles. The number of rotatable bonds is 22. The van der Waals surface area contributed by atoms with Crippen LogP contribution in [0.4, 0.5) is 13.9 Å². The number of hydrogen-bond donors (Lipinski definition) is 4. The Kier molecular flexibility index (Phi) is 18.9. The Labute approximate surface area is 407 Å². The fourth-order valence-corrected chi connectivity index (χ4v) is 10.4. The Morgan fingerprint density at radius 3 is 2.14 bits per heavy atom. The third-order valence-electron chi connectivity index (χ3n) is 13.2. The minimum absolute atomic E-state index is 0.0171. The molecule has 3 fully saturated rings. The summed E-state index contributed by atoms with van der Waals surface area (Å²) in [7, 11) is 0. The molecule has 17 heteroatoms. The molecule has 0 bridgehead atoms. The normalized spacial score (nSPS) is 17.2. The predicted octanol–water partition coefficient (Wildman–Crippen LogP) is 6.69. The van der Waals surface area contributed by atoms with Crippen molar-refractivity contribution in [3.8, 4) is 17.0 Å². The molecule has 5 amide bonds. The molecule has 3 aromatic carbocycles. The highest BCUT2D eigenvalue weighted by Crippen LogP contribution is 2.37.